The van der Waals surface area contributed by atoms with Gasteiger partial charge in [-0.05, 0) is 26.6 Å². The molecule has 0 amide bonds. The van der Waals surface area contributed by atoms with E-state index < -0.39 is 0 Å². The SMILES string of the molecule is CC(c1ccc(-c2nccn2Cc2n[nH]c(=O)[nH]2)cc1)N(C)C. The van der Waals surface area contributed by atoms with Crippen molar-refractivity contribution in [2.75, 3.05) is 14.1 Å². The number of benzene rings is 1. The normalized spacial score (nSPS) is 12.7. The Bertz CT molecular complexity index is 827. The average Bonchev–Trinajstić information content (AvgIpc) is 3.16. The predicted octanol–water partition coefficient (Wildman–Crippen LogP) is 1.63. The Kier molecular flexibility index (Phi) is 4.12. The second-order valence-corrected chi connectivity index (χ2v) is 5.76. The first-order valence-electron chi connectivity index (χ1n) is 7.46. The fraction of sp³-hybridized carbons (Fsp3) is 0.312. The van der Waals surface area contributed by atoms with Crippen LogP contribution >= 0.6 is 0 Å². The summed E-state index contributed by atoms with van der Waals surface area (Å²) in [4.78, 5) is 20.4. The molecule has 3 rings (SSSR count). The van der Waals surface area contributed by atoms with E-state index in [2.05, 4.69) is 70.3 Å². The molecule has 0 saturated carbocycles. The fourth-order valence-electron chi connectivity index (χ4n) is 2.45. The summed E-state index contributed by atoms with van der Waals surface area (Å²) in [5.41, 5.74) is 1.99. The molecule has 0 aliphatic heterocycles. The summed E-state index contributed by atoms with van der Waals surface area (Å²) in [7, 11) is 4.13. The van der Waals surface area contributed by atoms with Crippen molar-refractivity contribution in [3.05, 3.63) is 58.5 Å². The third-order valence-corrected chi connectivity index (χ3v) is 4.01. The minimum absolute atomic E-state index is 0.302. The van der Waals surface area contributed by atoms with Crippen molar-refractivity contribution in [2.45, 2.75) is 19.5 Å². The van der Waals surface area contributed by atoms with Crippen LogP contribution in [0.3, 0.4) is 0 Å². The van der Waals surface area contributed by atoms with Gasteiger partial charge in [0.15, 0.2) is 5.82 Å². The molecular weight excluding hydrogens is 292 g/mol. The van der Waals surface area contributed by atoms with Crippen LogP contribution in [0.1, 0.15) is 24.4 Å². The van der Waals surface area contributed by atoms with Crippen LogP contribution in [-0.2, 0) is 6.54 Å². The zero-order chi connectivity index (χ0) is 16.4. The van der Waals surface area contributed by atoms with Gasteiger partial charge in [-0.25, -0.2) is 14.9 Å². The second-order valence-electron chi connectivity index (χ2n) is 5.76. The van der Waals surface area contributed by atoms with Crippen molar-refractivity contribution in [3.63, 3.8) is 0 Å². The number of nitrogens with zero attached hydrogens (tertiary/aromatic N) is 4. The molecule has 120 valence electrons. The quantitative estimate of drug-likeness (QED) is 0.750. The number of H-pyrrole nitrogens is 2. The van der Waals surface area contributed by atoms with Crippen molar-refractivity contribution in [1.29, 1.82) is 0 Å². The number of aromatic amines is 2. The monoisotopic (exact) mass is 312 g/mol. The van der Waals surface area contributed by atoms with Crippen LogP contribution in [0.15, 0.2) is 41.5 Å². The van der Waals surface area contributed by atoms with Crippen molar-refractivity contribution in [2.24, 2.45) is 0 Å². The van der Waals surface area contributed by atoms with Crippen LogP contribution < -0.4 is 5.69 Å². The minimum Gasteiger partial charge on any atom is -0.323 e. The molecule has 7 heteroatoms. The van der Waals surface area contributed by atoms with Crippen LogP contribution in [0.2, 0.25) is 0 Å². The molecule has 1 aromatic carbocycles. The van der Waals surface area contributed by atoms with Crippen LogP contribution in [0.5, 0.6) is 0 Å². The first kappa shape index (κ1) is 15.2. The van der Waals surface area contributed by atoms with E-state index in [4.69, 9.17) is 0 Å². The van der Waals surface area contributed by atoms with Gasteiger partial charge in [0.25, 0.3) is 0 Å². The molecule has 23 heavy (non-hydrogen) atoms. The van der Waals surface area contributed by atoms with E-state index >= 15 is 0 Å². The molecule has 2 N–H and O–H groups in total. The zero-order valence-corrected chi connectivity index (χ0v) is 13.4. The highest BCUT2D eigenvalue weighted by molar-refractivity contribution is 5.56. The van der Waals surface area contributed by atoms with Gasteiger partial charge in [-0.3, -0.25) is 4.98 Å². The predicted molar refractivity (Wildman–Crippen MR) is 88.1 cm³/mol. The van der Waals surface area contributed by atoms with Gasteiger partial charge in [-0.1, -0.05) is 24.3 Å². The highest BCUT2D eigenvalue weighted by atomic mass is 16.1. The van der Waals surface area contributed by atoms with E-state index in [1.54, 1.807) is 6.20 Å². The van der Waals surface area contributed by atoms with Crippen LogP contribution in [-0.4, -0.2) is 43.7 Å². The lowest BCUT2D eigenvalue weighted by atomic mass is 10.1. The Labute approximate surface area is 134 Å². The average molecular weight is 312 g/mol. The number of aromatic nitrogens is 5. The lowest BCUT2D eigenvalue weighted by Crippen LogP contribution is -2.16. The molecule has 1 atom stereocenters. The number of rotatable bonds is 5. The number of hydrogen-bond donors (Lipinski definition) is 2. The summed E-state index contributed by atoms with van der Waals surface area (Å²) in [6.45, 7) is 2.63. The van der Waals surface area contributed by atoms with Crippen LogP contribution in [0, 0.1) is 0 Å². The number of hydrogen-bond acceptors (Lipinski definition) is 4. The third-order valence-electron chi connectivity index (χ3n) is 4.01. The van der Waals surface area contributed by atoms with E-state index in [0.29, 0.717) is 18.4 Å². The van der Waals surface area contributed by atoms with E-state index in [1.807, 2.05) is 10.8 Å². The Hall–Kier alpha value is -2.67. The first-order chi connectivity index (χ1) is 11.0. The summed E-state index contributed by atoms with van der Waals surface area (Å²) in [6, 6.07) is 8.74. The Morgan fingerprint density at radius 2 is 2.00 bits per heavy atom. The summed E-state index contributed by atoms with van der Waals surface area (Å²) in [6.07, 6.45) is 3.62. The van der Waals surface area contributed by atoms with Crippen molar-refractivity contribution < 1.29 is 0 Å². The van der Waals surface area contributed by atoms with Gasteiger partial charge in [0.05, 0.1) is 6.54 Å². The molecule has 0 aliphatic rings. The van der Waals surface area contributed by atoms with Gasteiger partial charge in [-0.15, -0.1) is 0 Å². The summed E-state index contributed by atoms with van der Waals surface area (Å²) >= 11 is 0. The molecule has 0 saturated heterocycles. The Morgan fingerprint density at radius 3 is 2.61 bits per heavy atom. The molecule has 2 heterocycles. The van der Waals surface area contributed by atoms with Crippen LogP contribution in [0.25, 0.3) is 11.4 Å². The van der Waals surface area contributed by atoms with Crippen LogP contribution in [0.4, 0.5) is 0 Å². The van der Waals surface area contributed by atoms with Crippen molar-refractivity contribution in [1.82, 2.24) is 29.6 Å². The molecule has 3 aromatic rings. The van der Waals surface area contributed by atoms with E-state index in [0.717, 1.165) is 11.4 Å². The smallest absolute Gasteiger partial charge is 0.323 e. The standard InChI is InChI=1S/C16H20N6O/c1-11(21(2)3)12-4-6-13(7-5-12)15-17-8-9-22(15)10-14-18-16(23)20-19-14/h4-9,11H,10H2,1-3H3,(H2,18,19,20,23). The molecule has 1 unspecified atom stereocenters. The molecule has 0 radical (unpaired) electrons. The second kappa shape index (κ2) is 6.21. The zero-order valence-electron chi connectivity index (χ0n) is 13.4. The molecule has 0 fully saturated rings. The van der Waals surface area contributed by atoms with Gasteiger partial charge >= 0.3 is 5.69 Å². The van der Waals surface area contributed by atoms with E-state index in [1.165, 1.54) is 5.56 Å². The van der Waals surface area contributed by atoms with Crippen molar-refractivity contribution >= 4 is 0 Å². The van der Waals surface area contributed by atoms with Gasteiger partial charge < -0.3 is 9.47 Å². The molecule has 2 aromatic heterocycles. The van der Waals surface area contributed by atoms with E-state index in [9.17, 15) is 4.79 Å². The number of imidazole rings is 1. The first-order valence-corrected chi connectivity index (χ1v) is 7.46. The maximum absolute atomic E-state index is 11.1. The minimum atomic E-state index is -0.302. The third kappa shape index (κ3) is 3.24. The highest BCUT2D eigenvalue weighted by Crippen LogP contribution is 2.23. The Morgan fingerprint density at radius 1 is 1.26 bits per heavy atom. The lowest BCUT2D eigenvalue weighted by molar-refractivity contribution is 0.321. The Balaban J connectivity index is 1.85. The maximum Gasteiger partial charge on any atom is 0.340 e. The maximum atomic E-state index is 11.1. The molecule has 7 nitrogen and oxygen atoms in total. The highest BCUT2D eigenvalue weighted by Gasteiger charge is 2.11. The van der Waals surface area contributed by atoms with E-state index in [-0.39, 0.29) is 5.69 Å². The fourth-order valence-corrected chi connectivity index (χ4v) is 2.45. The topological polar surface area (TPSA) is 82.6 Å². The molecule has 0 bridgehead atoms. The lowest BCUT2D eigenvalue weighted by Gasteiger charge is -2.20. The molecular formula is C16H20N6O. The van der Waals surface area contributed by atoms with Gasteiger partial charge in [-0.2, -0.15) is 5.10 Å². The molecule has 0 spiro atoms. The summed E-state index contributed by atoms with van der Waals surface area (Å²) in [5.74, 6) is 1.42. The number of nitrogens with one attached hydrogen (secondary N) is 2. The van der Waals surface area contributed by atoms with Gasteiger partial charge in [0.1, 0.15) is 5.82 Å². The summed E-state index contributed by atoms with van der Waals surface area (Å²) < 4.78 is 1.95. The largest absolute Gasteiger partial charge is 0.340 e. The van der Waals surface area contributed by atoms with Crippen molar-refractivity contribution in [3.8, 4) is 11.4 Å². The van der Waals surface area contributed by atoms with Gasteiger partial charge in [0.2, 0.25) is 0 Å². The summed E-state index contributed by atoms with van der Waals surface area (Å²) in [5, 5.41) is 6.31. The molecule has 0 aliphatic carbocycles. The van der Waals surface area contributed by atoms with Gasteiger partial charge in [0, 0.05) is 24.0 Å².